The highest BCUT2D eigenvalue weighted by molar-refractivity contribution is 7.00. The number of oxazole rings is 1. The molecule has 2 aliphatic heterocycles. The summed E-state index contributed by atoms with van der Waals surface area (Å²) >= 11 is 0. The van der Waals surface area contributed by atoms with Crippen molar-refractivity contribution in [2.75, 3.05) is 9.80 Å². The number of hydrogen-bond donors (Lipinski definition) is 0. The summed E-state index contributed by atoms with van der Waals surface area (Å²) in [5.41, 5.74) is 23.6. The molecule has 0 N–H and O–H groups in total. The van der Waals surface area contributed by atoms with Crippen LogP contribution in [0.1, 0.15) is 149 Å². The molecule has 14 rings (SSSR count). The maximum atomic E-state index is 6.95. The maximum absolute atomic E-state index is 6.95. The molecular formula is C69H74BN3O. The van der Waals surface area contributed by atoms with Gasteiger partial charge in [-0.25, -0.2) is 4.98 Å². The predicted molar refractivity (Wildman–Crippen MR) is 314 cm³/mol. The summed E-state index contributed by atoms with van der Waals surface area (Å²) in [4.78, 5) is 10.6. The smallest absolute Gasteiger partial charge is 0.252 e. The Labute approximate surface area is 441 Å². The van der Waals surface area contributed by atoms with Crippen LogP contribution in [0.2, 0.25) is 0 Å². The third-order valence-corrected chi connectivity index (χ3v) is 18.3. The van der Waals surface area contributed by atoms with E-state index in [1.54, 1.807) is 0 Å². The fourth-order valence-electron chi connectivity index (χ4n) is 14.5. The maximum Gasteiger partial charge on any atom is 0.252 e. The molecule has 4 bridgehead atoms. The van der Waals surface area contributed by atoms with Crippen molar-refractivity contribution in [3.8, 4) is 22.6 Å². The van der Waals surface area contributed by atoms with E-state index >= 15 is 0 Å². The molecule has 0 radical (unpaired) electrons. The largest absolute Gasteiger partial charge is 0.436 e. The number of benzene rings is 7. The first-order chi connectivity index (χ1) is 35.1. The van der Waals surface area contributed by atoms with Crippen molar-refractivity contribution in [3.63, 3.8) is 0 Å². The zero-order chi connectivity index (χ0) is 51.4. The Morgan fingerprint density at radius 1 is 0.446 bits per heavy atom. The molecule has 374 valence electrons. The molecule has 6 aliphatic rings. The van der Waals surface area contributed by atoms with Crippen molar-refractivity contribution < 1.29 is 4.42 Å². The second-order valence-corrected chi connectivity index (χ2v) is 27.6. The van der Waals surface area contributed by atoms with Gasteiger partial charge in [0.1, 0.15) is 5.52 Å². The molecule has 74 heavy (non-hydrogen) atoms. The number of fused-ring (bicyclic) bond motifs is 5. The molecule has 4 nitrogen and oxygen atoms in total. The van der Waals surface area contributed by atoms with E-state index in [9.17, 15) is 0 Å². The van der Waals surface area contributed by atoms with Gasteiger partial charge in [-0.2, -0.15) is 0 Å². The molecule has 0 amide bonds. The Bertz CT molecular complexity index is 3460. The molecule has 0 atom stereocenters. The van der Waals surface area contributed by atoms with Crippen LogP contribution >= 0.6 is 0 Å². The van der Waals surface area contributed by atoms with Crippen molar-refractivity contribution >= 4 is 68.3 Å². The Hall–Kier alpha value is -6.33. The normalized spacial score (nSPS) is 21.0. The van der Waals surface area contributed by atoms with E-state index < -0.39 is 0 Å². The predicted octanol–water partition coefficient (Wildman–Crippen LogP) is 16.9. The molecule has 0 spiro atoms. The van der Waals surface area contributed by atoms with Crippen molar-refractivity contribution in [3.05, 3.63) is 167 Å². The van der Waals surface area contributed by atoms with Crippen LogP contribution in [0.3, 0.4) is 0 Å². The molecular weight excluding hydrogens is 898 g/mol. The fourth-order valence-corrected chi connectivity index (χ4v) is 14.5. The lowest BCUT2D eigenvalue weighted by atomic mass is 9.33. The van der Waals surface area contributed by atoms with Crippen LogP contribution in [0.25, 0.3) is 33.7 Å². The zero-order valence-electron chi connectivity index (χ0n) is 46.1. The summed E-state index contributed by atoms with van der Waals surface area (Å²) < 4.78 is 6.95. The van der Waals surface area contributed by atoms with Crippen molar-refractivity contribution in [2.24, 2.45) is 17.8 Å². The first-order valence-electron chi connectivity index (χ1n) is 27.9. The molecule has 0 unspecified atom stereocenters. The Balaban J connectivity index is 1.05. The Morgan fingerprint density at radius 2 is 0.865 bits per heavy atom. The van der Waals surface area contributed by atoms with E-state index in [2.05, 4.69) is 232 Å². The van der Waals surface area contributed by atoms with Gasteiger partial charge < -0.3 is 14.2 Å². The average molecular weight is 972 g/mol. The van der Waals surface area contributed by atoms with Crippen LogP contribution in [0, 0.1) is 17.8 Å². The monoisotopic (exact) mass is 972 g/mol. The second-order valence-electron chi connectivity index (χ2n) is 27.6. The molecule has 0 saturated heterocycles. The zero-order valence-corrected chi connectivity index (χ0v) is 46.1. The van der Waals surface area contributed by atoms with E-state index in [1.165, 1.54) is 128 Å². The Morgan fingerprint density at radius 3 is 1.35 bits per heavy atom. The molecule has 5 heteroatoms. The third kappa shape index (κ3) is 7.80. The van der Waals surface area contributed by atoms with Gasteiger partial charge in [0.25, 0.3) is 6.71 Å². The average Bonchev–Trinajstić information content (AvgIpc) is 3.81. The van der Waals surface area contributed by atoms with E-state index in [-0.39, 0.29) is 33.8 Å². The van der Waals surface area contributed by atoms with E-state index in [0.717, 1.165) is 34.4 Å². The third-order valence-electron chi connectivity index (χ3n) is 18.3. The number of aromatic nitrogens is 1. The van der Waals surface area contributed by atoms with Gasteiger partial charge >= 0.3 is 0 Å². The number of anilines is 6. The first kappa shape index (κ1) is 47.4. The number of nitrogens with zero attached hydrogens (tertiary/aromatic N) is 3. The summed E-state index contributed by atoms with van der Waals surface area (Å²) in [6, 6.07) is 54.2. The second kappa shape index (κ2) is 16.3. The lowest BCUT2D eigenvalue weighted by Crippen LogP contribution is -2.61. The van der Waals surface area contributed by atoms with Crippen molar-refractivity contribution in [1.82, 2.24) is 4.98 Å². The van der Waals surface area contributed by atoms with Gasteiger partial charge in [0.15, 0.2) is 5.58 Å². The molecule has 4 fully saturated rings. The van der Waals surface area contributed by atoms with Crippen LogP contribution in [-0.2, 0) is 27.1 Å². The summed E-state index contributed by atoms with van der Waals surface area (Å²) in [6.07, 6.45) is 8.15. The van der Waals surface area contributed by atoms with Gasteiger partial charge in [0.05, 0.1) is 0 Å². The quantitative estimate of drug-likeness (QED) is 0.161. The van der Waals surface area contributed by atoms with Gasteiger partial charge in [-0.15, -0.1) is 0 Å². The summed E-state index contributed by atoms with van der Waals surface area (Å²) in [7, 11) is 0. The lowest BCUT2D eigenvalue weighted by Gasteiger charge is -2.57. The van der Waals surface area contributed by atoms with Gasteiger partial charge in [-0.3, -0.25) is 0 Å². The number of rotatable bonds is 5. The van der Waals surface area contributed by atoms with Gasteiger partial charge in [0, 0.05) is 39.7 Å². The van der Waals surface area contributed by atoms with E-state index in [0.29, 0.717) is 5.89 Å². The SMILES string of the molecule is CC(C)(C)c1ccc(-c2ccc(-c3nc4cc5c(cc4o3)B3c4cc(C(C)(C)C)ccc4N(c4ccc(C(C)(C)C)cc4)c4cc(C67CC8CC(CC(C8)C6)C7)cc(c43)N5c3ccc(C(C)(C)C)cc3)cc2)cc1. The minimum Gasteiger partial charge on any atom is -0.436 e. The minimum absolute atomic E-state index is 0.0247. The van der Waals surface area contributed by atoms with Crippen LogP contribution in [0.15, 0.2) is 144 Å². The van der Waals surface area contributed by atoms with Crippen molar-refractivity contribution in [2.45, 2.75) is 149 Å². The van der Waals surface area contributed by atoms with E-state index in [1.807, 2.05) is 0 Å². The molecule has 4 aliphatic carbocycles. The van der Waals surface area contributed by atoms with Crippen LogP contribution < -0.4 is 26.2 Å². The van der Waals surface area contributed by atoms with Crippen molar-refractivity contribution in [1.29, 1.82) is 0 Å². The molecule has 7 aromatic carbocycles. The van der Waals surface area contributed by atoms with E-state index in [4.69, 9.17) is 9.40 Å². The standard InChI is InChI=1S/C69H74BN3O/c1-65(2,3)48-19-17-46(18-20-48)45-13-15-47(16-14-45)64-71-57-38-59-56(37-62(57)74-64)70-55-34-51(68(10,11)12)25-30-58(55)72(53-26-21-49(22-27-53)66(4,5)6)60-35-52(69-39-42-31-43(40-69)33-44(32-42)41-69)36-61(63(60)70)73(59)54-28-23-50(24-29-54)67(7,8)9/h13-30,34-38,42-44H,31-33,39-41H2,1-12H3. The van der Waals surface area contributed by atoms with Gasteiger partial charge in [-0.1, -0.05) is 156 Å². The van der Waals surface area contributed by atoms with Crippen LogP contribution in [-0.4, -0.2) is 11.7 Å². The molecule has 1 aromatic heterocycles. The van der Waals surface area contributed by atoms with Gasteiger partial charge in [-0.05, 0) is 205 Å². The fraction of sp³-hybridized carbons (Fsp3) is 0.377. The lowest BCUT2D eigenvalue weighted by molar-refractivity contribution is -0.00514. The first-order valence-corrected chi connectivity index (χ1v) is 27.9. The van der Waals surface area contributed by atoms with Crippen LogP contribution in [0.4, 0.5) is 34.1 Å². The van der Waals surface area contributed by atoms with Crippen LogP contribution in [0.5, 0.6) is 0 Å². The highest BCUT2D eigenvalue weighted by Crippen LogP contribution is 2.62. The molecule has 4 saturated carbocycles. The highest BCUT2D eigenvalue weighted by atomic mass is 16.3. The number of hydrogen-bond acceptors (Lipinski definition) is 4. The summed E-state index contributed by atoms with van der Waals surface area (Å²) in [5, 5.41) is 0. The molecule has 3 heterocycles. The topological polar surface area (TPSA) is 32.5 Å². The summed E-state index contributed by atoms with van der Waals surface area (Å²) in [6.45, 7) is 27.7. The molecule has 8 aromatic rings. The summed E-state index contributed by atoms with van der Waals surface area (Å²) in [5.74, 6) is 3.12. The van der Waals surface area contributed by atoms with Gasteiger partial charge in [0.2, 0.25) is 5.89 Å². The minimum atomic E-state index is -0.0484. The Kier molecular flexibility index (Phi) is 10.5. The highest BCUT2D eigenvalue weighted by Gasteiger charge is 2.53.